The first-order valence-corrected chi connectivity index (χ1v) is 10.2. The number of hydrogen-bond donors (Lipinski definition) is 2. The monoisotopic (exact) mass is 406 g/mol. The van der Waals surface area contributed by atoms with Crippen LogP contribution in [0.3, 0.4) is 0 Å². The van der Waals surface area contributed by atoms with Crippen molar-refractivity contribution in [1.29, 1.82) is 0 Å². The number of fused-ring (bicyclic) bond motifs is 2. The fraction of sp³-hybridized carbons (Fsp3) is 0.0500. The number of pyridine rings is 1. The normalized spacial score (nSPS) is 15.9. The van der Waals surface area contributed by atoms with Crippen LogP contribution in [0.1, 0.15) is 17.4 Å². The van der Waals surface area contributed by atoms with E-state index in [0.717, 1.165) is 0 Å². The van der Waals surface area contributed by atoms with Gasteiger partial charge in [-0.15, -0.1) is 0 Å². The Kier molecular flexibility index (Phi) is 3.85. The maximum absolute atomic E-state index is 12.8. The van der Waals surface area contributed by atoms with Gasteiger partial charge in [-0.2, -0.15) is 0 Å². The summed E-state index contributed by atoms with van der Waals surface area (Å²) in [5.74, 6) is -0.926. The topological polar surface area (TPSA) is 114 Å². The summed E-state index contributed by atoms with van der Waals surface area (Å²) in [6.45, 7) is 0. The number of amides is 1. The van der Waals surface area contributed by atoms with Crippen molar-refractivity contribution < 1.29 is 17.6 Å². The minimum absolute atomic E-state index is 0.0257. The Balaban J connectivity index is 1.56. The van der Waals surface area contributed by atoms with E-state index in [1.54, 1.807) is 36.5 Å². The van der Waals surface area contributed by atoms with Crippen LogP contribution in [-0.4, -0.2) is 24.3 Å². The Hall–Kier alpha value is -3.72. The molecule has 0 spiro atoms. The molecule has 144 valence electrons. The summed E-state index contributed by atoms with van der Waals surface area (Å²) in [6, 6.07) is 14.9. The predicted molar refractivity (Wildman–Crippen MR) is 106 cm³/mol. The average molecular weight is 406 g/mol. The molecular formula is C20H14N4O4S. The third-order valence-corrected chi connectivity index (χ3v) is 6.01. The summed E-state index contributed by atoms with van der Waals surface area (Å²) in [5.41, 5.74) is 2.56. The van der Waals surface area contributed by atoms with Crippen LogP contribution in [0.15, 0.2) is 76.3 Å². The molecule has 5 rings (SSSR count). The quantitative estimate of drug-likeness (QED) is 0.538. The lowest BCUT2D eigenvalue weighted by Gasteiger charge is -2.10. The van der Waals surface area contributed by atoms with Crippen LogP contribution in [0.4, 0.5) is 11.4 Å². The van der Waals surface area contributed by atoms with Crippen LogP contribution >= 0.6 is 0 Å². The van der Waals surface area contributed by atoms with Gasteiger partial charge in [0.15, 0.2) is 5.58 Å². The zero-order chi connectivity index (χ0) is 20.0. The van der Waals surface area contributed by atoms with Crippen LogP contribution < -0.4 is 10.0 Å². The van der Waals surface area contributed by atoms with E-state index in [1.165, 1.54) is 18.3 Å². The molecule has 0 bridgehead atoms. The van der Waals surface area contributed by atoms with E-state index in [0.29, 0.717) is 28.0 Å². The van der Waals surface area contributed by atoms with Gasteiger partial charge in [0.1, 0.15) is 11.4 Å². The summed E-state index contributed by atoms with van der Waals surface area (Å²) >= 11 is 0. The number of nitrogens with zero attached hydrogens (tertiary/aromatic N) is 2. The minimum Gasteiger partial charge on any atom is -0.439 e. The summed E-state index contributed by atoms with van der Waals surface area (Å²) in [6.07, 6.45) is 2.96. The number of aromatic nitrogens is 2. The number of para-hydroxylation sites is 2. The van der Waals surface area contributed by atoms with Crippen molar-refractivity contribution in [3.63, 3.8) is 0 Å². The molecular weight excluding hydrogens is 392 g/mol. The standard InChI is InChI=1S/C20H14N4O4S/c25-19-18(20-23-16-5-1-2-6-17(16)28-20)14-10-13(7-8-15(14)22-19)29(26,27)24-12-4-3-9-21-11-12/h1-11,18,24H,(H,22,25). The fourth-order valence-corrected chi connectivity index (χ4v) is 4.38. The van der Waals surface area contributed by atoms with E-state index in [9.17, 15) is 13.2 Å². The smallest absolute Gasteiger partial charge is 0.261 e. The summed E-state index contributed by atoms with van der Waals surface area (Å²) < 4.78 is 33.8. The molecule has 0 saturated carbocycles. The number of carbonyl (C=O) groups excluding carboxylic acids is 1. The maximum Gasteiger partial charge on any atom is 0.261 e. The Morgan fingerprint density at radius 2 is 1.93 bits per heavy atom. The second kappa shape index (κ2) is 6.42. The molecule has 2 aromatic heterocycles. The van der Waals surface area contributed by atoms with Gasteiger partial charge in [0.2, 0.25) is 11.8 Å². The van der Waals surface area contributed by atoms with Crippen molar-refractivity contribution in [2.24, 2.45) is 0 Å². The molecule has 2 N–H and O–H groups in total. The number of rotatable bonds is 4. The van der Waals surface area contributed by atoms with Crippen molar-refractivity contribution in [3.05, 3.63) is 78.4 Å². The van der Waals surface area contributed by atoms with E-state index in [4.69, 9.17) is 4.42 Å². The molecule has 1 aliphatic rings. The van der Waals surface area contributed by atoms with Gasteiger partial charge in [0.05, 0.1) is 16.8 Å². The largest absolute Gasteiger partial charge is 0.439 e. The molecule has 1 amide bonds. The van der Waals surface area contributed by atoms with Gasteiger partial charge in [-0.3, -0.25) is 14.5 Å². The molecule has 0 saturated heterocycles. The molecule has 0 fully saturated rings. The van der Waals surface area contributed by atoms with Gasteiger partial charge < -0.3 is 9.73 Å². The van der Waals surface area contributed by atoms with Crippen LogP contribution in [0.5, 0.6) is 0 Å². The number of hydrogen-bond acceptors (Lipinski definition) is 6. The van der Waals surface area contributed by atoms with E-state index in [-0.39, 0.29) is 16.7 Å². The summed E-state index contributed by atoms with van der Waals surface area (Å²) in [5, 5.41) is 2.75. The van der Waals surface area contributed by atoms with Crippen molar-refractivity contribution in [2.45, 2.75) is 10.8 Å². The minimum atomic E-state index is -3.86. The maximum atomic E-state index is 12.8. The second-order valence-electron chi connectivity index (χ2n) is 6.54. The molecule has 1 aliphatic heterocycles. The summed E-state index contributed by atoms with van der Waals surface area (Å²) in [7, 11) is -3.86. The number of nitrogens with one attached hydrogen (secondary N) is 2. The third-order valence-electron chi connectivity index (χ3n) is 4.64. The third kappa shape index (κ3) is 3.01. The molecule has 0 aliphatic carbocycles. The molecule has 1 unspecified atom stereocenters. The van der Waals surface area contributed by atoms with Crippen LogP contribution in [0.25, 0.3) is 11.1 Å². The zero-order valence-electron chi connectivity index (χ0n) is 14.9. The molecule has 8 nitrogen and oxygen atoms in total. The Bertz CT molecular complexity index is 1320. The Morgan fingerprint density at radius 1 is 1.07 bits per heavy atom. The van der Waals surface area contributed by atoms with Crippen molar-refractivity contribution >= 4 is 38.4 Å². The highest BCUT2D eigenvalue weighted by Gasteiger charge is 2.37. The molecule has 0 radical (unpaired) electrons. The first-order valence-electron chi connectivity index (χ1n) is 8.74. The SMILES string of the molecule is O=C1Nc2ccc(S(=O)(=O)Nc3cccnc3)cc2C1c1nc2ccccc2o1. The van der Waals surface area contributed by atoms with Gasteiger partial charge in [0, 0.05) is 11.9 Å². The first-order chi connectivity index (χ1) is 14.0. The van der Waals surface area contributed by atoms with Gasteiger partial charge in [-0.25, -0.2) is 13.4 Å². The predicted octanol–water partition coefficient (Wildman–Crippen LogP) is 3.11. The van der Waals surface area contributed by atoms with E-state index < -0.39 is 15.9 Å². The highest BCUT2D eigenvalue weighted by molar-refractivity contribution is 7.92. The number of anilines is 2. The first kappa shape index (κ1) is 17.4. The molecule has 3 heterocycles. The van der Waals surface area contributed by atoms with Crippen molar-refractivity contribution in [2.75, 3.05) is 10.0 Å². The van der Waals surface area contributed by atoms with Gasteiger partial charge in [-0.05, 0) is 48.0 Å². The lowest BCUT2D eigenvalue weighted by atomic mass is 10.0. The van der Waals surface area contributed by atoms with Crippen molar-refractivity contribution in [3.8, 4) is 0 Å². The number of carbonyl (C=O) groups is 1. The highest BCUT2D eigenvalue weighted by atomic mass is 32.2. The summed E-state index contributed by atoms with van der Waals surface area (Å²) in [4.78, 5) is 20.9. The molecule has 4 aromatic rings. The van der Waals surface area contributed by atoms with E-state index >= 15 is 0 Å². The van der Waals surface area contributed by atoms with Gasteiger partial charge in [-0.1, -0.05) is 12.1 Å². The van der Waals surface area contributed by atoms with Crippen LogP contribution in [0, 0.1) is 0 Å². The molecule has 29 heavy (non-hydrogen) atoms. The molecule has 1 atom stereocenters. The molecule has 9 heteroatoms. The highest BCUT2D eigenvalue weighted by Crippen LogP contribution is 2.39. The Morgan fingerprint density at radius 3 is 2.72 bits per heavy atom. The van der Waals surface area contributed by atoms with Crippen LogP contribution in [-0.2, 0) is 14.8 Å². The van der Waals surface area contributed by atoms with Gasteiger partial charge in [0.25, 0.3) is 10.0 Å². The van der Waals surface area contributed by atoms with E-state index in [2.05, 4.69) is 20.0 Å². The number of oxazole rings is 1. The second-order valence-corrected chi connectivity index (χ2v) is 8.22. The fourth-order valence-electron chi connectivity index (χ4n) is 3.30. The zero-order valence-corrected chi connectivity index (χ0v) is 15.7. The van der Waals surface area contributed by atoms with Crippen molar-refractivity contribution in [1.82, 2.24) is 9.97 Å². The number of benzene rings is 2. The lowest BCUT2D eigenvalue weighted by Crippen LogP contribution is -2.14. The molecule has 2 aromatic carbocycles. The van der Waals surface area contributed by atoms with Crippen LogP contribution in [0.2, 0.25) is 0 Å². The number of sulfonamides is 1. The average Bonchev–Trinajstić information content (AvgIpc) is 3.27. The lowest BCUT2D eigenvalue weighted by molar-refractivity contribution is -0.116. The Labute approximate surface area is 165 Å². The van der Waals surface area contributed by atoms with Gasteiger partial charge >= 0.3 is 0 Å². The van der Waals surface area contributed by atoms with E-state index in [1.807, 2.05) is 12.1 Å².